The summed E-state index contributed by atoms with van der Waals surface area (Å²) >= 11 is 1.56. The second kappa shape index (κ2) is 7.59. The molecule has 2 heterocycles. The number of fused-ring (bicyclic) bond motifs is 1. The molecule has 0 spiro atoms. The monoisotopic (exact) mass is 420 g/mol. The highest BCUT2D eigenvalue weighted by Crippen LogP contribution is 2.37. The highest BCUT2D eigenvalue weighted by molar-refractivity contribution is 7.99. The zero-order chi connectivity index (χ0) is 21.4. The topological polar surface area (TPSA) is 63.7 Å². The summed E-state index contributed by atoms with van der Waals surface area (Å²) in [6.07, 6.45) is -3.34. The van der Waals surface area contributed by atoms with E-state index in [2.05, 4.69) is 16.0 Å². The zero-order valence-corrected chi connectivity index (χ0v) is 17.1. The van der Waals surface area contributed by atoms with Gasteiger partial charge in [0.25, 0.3) is 0 Å². The molecule has 29 heavy (non-hydrogen) atoms. The number of rotatable bonds is 5. The van der Waals surface area contributed by atoms with E-state index in [1.807, 2.05) is 13.0 Å². The fourth-order valence-electron chi connectivity index (χ4n) is 2.83. The summed E-state index contributed by atoms with van der Waals surface area (Å²) in [5.74, 6) is 1.85. The maximum Gasteiger partial charge on any atom is 0.433 e. The molecule has 0 unspecified atom stereocenters. The van der Waals surface area contributed by atoms with Crippen LogP contribution in [0.25, 0.3) is 22.4 Å². The van der Waals surface area contributed by atoms with Gasteiger partial charge < -0.3 is 9.30 Å². The summed E-state index contributed by atoms with van der Waals surface area (Å²) in [4.78, 5) is 8.83. The van der Waals surface area contributed by atoms with Gasteiger partial charge in [-0.2, -0.15) is 18.4 Å². The lowest BCUT2D eigenvalue weighted by Gasteiger charge is -2.19. The Morgan fingerprint density at radius 2 is 1.97 bits per heavy atom. The van der Waals surface area contributed by atoms with E-state index in [0.29, 0.717) is 17.1 Å². The van der Waals surface area contributed by atoms with Crippen LogP contribution < -0.4 is 4.74 Å². The van der Waals surface area contributed by atoms with Crippen LogP contribution in [-0.2, 0) is 13.2 Å². The maximum atomic E-state index is 13.0. The lowest BCUT2D eigenvalue weighted by molar-refractivity contribution is -0.141. The number of aromatic nitrogens is 3. The lowest BCUT2D eigenvalue weighted by atomic mass is 10.1. The van der Waals surface area contributed by atoms with Crippen molar-refractivity contribution >= 4 is 22.8 Å². The molecule has 0 atom stereocenters. The molecule has 3 rings (SSSR count). The van der Waals surface area contributed by atoms with Crippen molar-refractivity contribution in [1.29, 1.82) is 5.26 Å². The highest BCUT2D eigenvalue weighted by atomic mass is 32.2. The first-order valence-electron chi connectivity index (χ1n) is 8.83. The van der Waals surface area contributed by atoms with E-state index in [1.54, 1.807) is 49.4 Å². The Morgan fingerprint density at radius 3 is 2.59 bits per heavy atom. The largest absolute Gasteiger partial charge is 0.473 e. The molecule has 3 aromatic rings. The van der Waals surface area contributed by atoms with Crippen molar-refractivity contribution in [3.63, 3.8) is 0 Å². The molecule has 5 nitrogen and oxygen atoms in total. The van der Waals surface area contributed by atoms with E-state index in [0.717, 1.165) is 22.3 Å². The van der Waals surface area contributed by atoms with Crippen LogP contribution in [0.1, 0.15) is 26.5 Å². The first-order valence-corrected chi connectivity index (χ1v) is 9.81. The van der Waals surface area contributed by atoms with Gasteiger partial charge in [-0.15, -0.1) is 11.8 Å². The average Bonchev–Trinajstić information content (AvgIpc) is 2.97. The number of pyridine rings is 1. The van der Waals surface area contributed by atoms with E-state index in [4.69, 9.17) is 4.74 Å². The Balaban J connectivity index is 2.10. The molecule has 1 aromatic carbocycles. The maximum absolute atomic E-state index is 13.0. The minimum atomic E-state index is -4.53. The Bertz CT molecular complexity index is 1100. The fraction of sp³-hybridized carbons (Fsp3) is 0.350. The third kappa shape index (κ3) is 4.32. The molecule has 0 bridgehead atoms. The van der Waals surface area contributed by atoms with Gasteiger partial charge >= 0.3 is 6.18 Å². The zero-order valence-electron chi connectivity index (χ0n) is 16.3. The molecular weight excluding hydrogens is 401 g/mol. The van der Waals surface area contributed by atoms with Gasteiger partial charge in [0.15, 0.2) is 5.60 Å². The van der Waals surface area contributed by atoms with Crippen LogP contribution in [0.2, 0.25) is 0 Å². The number of thioether (sulfide) groups is 1. The molecule has 0 aliphatic rings. The second-order valence-corrected chi connectivity index (χ2v) is 8.17. The van der Waals surface area contributed by atoms with E-state index < -0.39 is 17.5 Å². The van der Waals surface area contributed by atoms with Crippen molar-refractivity contribution in [2.75, 3.05) is 5.75 Å². The van der Waals surface area contributed by atoms with Gasteiger partial charge in [-0.25, -0.2) is 9.97 Å². The molecule has 0 N–H and O–H groups in total. The molecule has 0 aliphatic carbocycles. The minimum absolute atomic E-state index is 0.225. The summed E-state index contributed by atoms with van der Waals surface area (Å²) in [5.41, 5.74) is -0.450. The van der Waals surface area contributed by atoms with Crippen molar-refractivity contribution in [3.8, 4) is 23.2 Å². The molecular formula is C20H19F3N4OS. The Kier molecular flexibility index (Phi) is 5.50. The van der Waals surface area contributed by atoms with Gasteiger partial charge in [0.1, 0.15) is 23.3 Å². The molecule has 0 aliphatic heterocycles. The molecule has 152 valence electrons. The number of halogens is 3. The molecule has 0 amide bonds. The van der Waals surface area contributed by atoms with E-state index >= 15 is 0 Å². The molecule has 0 fully saturated rings. The number of hydrogen-bond acceptors (Lipinski definition) is 5. The SMILES string of the molecule is CCSc1cc(OC(C)(C)C#N)ccc1-c1nc2cc(C(F)(F)F)ncc2n1C. The number of hydrogen-bond donors (Lipinski definition) is 0. The fourth-order valence-corrected chi connectivity index (χ4v) is 3.65. The van der Waals surface area contributed by atoms with Crippen LogP contribution in [0.15, 0.2) is 35.4 Å². The van der Waals surface area contributed by atoms with Gasteiger partial charge in [0.05, 0.1) is 17.2 Å². The van der Waals surface area contributed by atoms with Crippen LogP contribution >= 0.6 is 11.8 Å². The van der Waals surface area contributed by atoms with Crippen molar-refractivity contribution in [3.05, 3.63) is 36.2 Å². The van der Waals surface area contributed by atoms with Crippen LogP contribution in [-0.4, -0.2) is 25.9 Å². The predicted molar refractivity (Wildman–Crippen MR) is 106 cm³/mol. The average molecular weight is 420 g/mol. The number of nitriles is 1. The quantitative estimate of drug-likeness (QED) is 0.514. The summed E-state index contributed by atoms with van der Waals surface area (Å²) in [5, 5.41) is 9.18. The van der Waals surface area contributed by atoms with Crippen molar-refractivity contribution in [1.82, 2.24) is 14.5 Å². The Labute approximate surface area is 170 Å². The first-order chi connectivity index (χ1) is 13.6. The number of nitrogens with zero attached hydrogens (tertiary/aromatic N) is 4. The van der Waals surface area contributed by atoms with Crippen molar-refractivity contribution < 1.29 is 17.9 Å². The molecule has 0 radical (unpaired) electrons. The lowest BCUT2D eigenvalue weighted by Crippen LogP contribution is -2.25. The first kappa shape index (κ1) is 21.0. The number of ether oxygens (including phenoxy) is 1. The van der Waals surface area contributed by atoms with Crippen LogP contribution in [0.5, 0.6) is 5.75 Å². The van der Waals surface area contributed by atoms with E-state index in [1.165, 1.54) is 6.20 Å². The van der Waals surface area contributed by atoms with Crippen LogP contribution in [0.3, 0.4) is 0 Å². The summed E-state index contributed by atoms with van der Waals surface area (Å²) in [6, 6.07) is 8.40. The van der Waals surface area contributed by atoms with Crippen molar-refractivity contribution in [2.45, 2.75) is 37.4 Å². The Hall–Kier alpha value is -2.73. The van der Waals surface area contributed by atoms with Crippen LogP contribution in [0.4, 0.5) is 13.2 Å². The highest BCUT2D eigenvalue weighted by Gasteiger charge is 2.33. The van der Waals surface area contributed by atoms with E-state index in [9.17, 15) is 18.4 Å². The normalized spacial score (nSPS) is 12.2. The van der Waals surface area contributed by atoms with Gasteiger partial charge in [-0.3, -0.25) is 0 Å². The third-order valence-corrected chi connectivity index (χ3v) is 5.13. The Morgan fingerprint density at radius 1 is 1.24 bits per heavy atom. The van der Waals surface area contributed by atoms with E-state index in [-0.39, 0.29) is 5.52 Å². The second-order valence-electron chi connectivity index (χ2n) is 6.87. The van der Waals surface area contributed by atoms with Gasteiger partial charge in [-0.05, 0) is 43.9 Å². The smallest absolute Gasteiger partial charge is 0.433 e. The summed E-state index contributed by atoms with van der Waals surface area (Å²) < 4.78 is 46.4. The molecule has 9 heteroatoms. The third-order valence-electron chi connectivity index (χ3n) is 4.19. The molecule has 2 aromatic heterocycles. The number of aryl methyl sites for hydroxylation is 1. The van der Waals surface area contributed by atoms with Gasteiger partial charge in [0.2, 0.25) is 0 Å². The molecule has 0 saturated carbocycles. The standard InChI is InChI=1S/C20H19F3N4OS/c1-5-29-16-8-12(28-19(2,3)11-24)6-7-13(16)18-26-14-9-17(20(21,22)23)25-10-15(14)27(18)4/h6-10H,5H2,1-4H3. The number of imidazole rings is 1. The van der Waals surface area contributed by atoms with Gasteiger partial charge in [-0.1, -0.05) is 6.92 Å². The summed E-state index contributed by atoms with van der Waals surface area (Å²) in [6.45, 7) is 5.34. The van der Waals surface area contributed by atoms with Crippen molar-refractivity contribution in [2.24, 2.45) is 7.05 Å². The van der Waals surface area contributed by atoms with Crippen LogP contribution in [0, 0.1) is 11.3 Å². The molecule has 0 saturated heterocycles. The number of benzene rings is 1. The van der Waals surface area contributed by atoms with Gasteiger partial charge in [0, 0.05) is 17.5 Å². The minimum Gasteiger partial charge on any atom is -0.473 e. The number of alkyl halides is 3. The predicted octanol–water partition coefficient (Wildman–Crippen LogP) is 5.45. The summed E-state index contributed by atoms with van der Waals surface area (Å²) in [7, 11) is 1.74.